The Labute approximate surface area is 218 Å². The predicted molar refractivity (Wildman–Crippen MR) is 144 cm³/mol. The van der Waals surface area contributed by atoms with Gasteiger partial charge in [0, 0.05) is 25.0 Å². The van der Waals surface area contributed by atoms with Crippen LogP contribution >= 0.6 is 11.6 Å². The molecular weight excluding hydrogens is 488 g/mol. The number of aromatic amines is 1. The number of pyridine rings is 2. The highest BCUT2D eigenvalue weighted by molar-refractivity contribution is 6.30. The van der Waals surface area contributed by atoms with E-state index in [2.05, 4.69) is 20.3 Å². The zero-order valence-electron chi connectivity index (χ0n) is 20.4. The van der Waals surface area contributed by atoms with E-state index in [-0.39, 0.29) is 17.6 Å². The lowest BCUT2D eigenvalue weighted by Crippen LogP contribution is -2.39. The number of H-pyrrole nitrogens is 1. The maximum absolute atomic E-state index is 13.7. The Morgan fingerprint density at radius 1 is 1.08 bits per heavy atom. The average Bonchev–Trinajstić information content (AvgIpc) is 3.48. The van der Waals surface area contributed by atoms with Gasteiger partial charge in [-0.2, -0.15) is 0 Å². The summed E-state index contributed by atoms with van der Waals surface area (Å²) < 4.78 is 3.63. The Morgan fingerprint density at radius 3 is 2.68 bits per heavy atom. The van der Waals surface area contributed by atoms with Gasteiger partial charge in [-0.1, -0.05) is 23.7 Å². The third kappa shape index (κ3) is 4.42. The molecule has 1 amide bonds. The van der Waals surface area contributed by atoms with Gasteiger partial charge in [-0.25, -0.2) is 4.79 Å². The normalized spacial score (nSPS) is 17.9. The molecule has 0 bridgehead atoms. The van der Waals surface area contributed by atoms with E-state index < -0.39 is 0 Å². The summed E-state index contributed by atoms with van der Waals surface area (Å²) in [6.07, 6.45) is 8.74. The van der Waals surface area contributed by atoms with Gasteiger partial charge in [-0.05, 0) is 68.9 Å². The molecule has 37 heavy (non-hydrogen) atoms. The largest absolute Gasteiger partial charge is 0.360 e. The second-order valence-electron chi connectivity index (χ2n) is 9.80. The number of nitrogens with zero attached hydrogens (tertiary/aromatic N) is 4. The van der Waals surface area contributed by atoms with Crippen LogP contribution in [0.4, 0.5) is 0 Å². The molecule has 5 aromatic rings. The number of aromatic nitrogens is 5. The zero-order chi connectivity index (χ0) is 25.5. The summed E-state index contributed by atoms with van der Waals surface area (Å²) in [7, 11) is 0. The van der Waals surface area contributed by atoms with Crippen molar-refractivity contribution in [2.45, 2.75) is 45.2 Å². The van der Waals surface area contributed by atoms with Crippen molar-refractivity contribution in [3.05, 3.63) is 87.8 Å². The Bertz CT molecular complexity index is 1680. The molecular formula is C28H27ClN6O2. The van der Waals surface area contributed by atoms with Crippen molar-refractivity contribution in [2.75, 3.05) is 0 Å². The molecule has 9 heteroatoms. The number of nitrogens with one attached hydrogen (secondary N) is 2. The quantitative estimate of drug-likeness (QED) is 0.344. The number of halogens is 1. The summed E-state index contributed by atoms with van der Waals surface area (Å²) in [6.45, 7) is 2.45. The highest BCUT2D eigenvalue weighted by Crippen LogP contribution is 2.28. The molecule has 8 nitrogen and oxygen atoms in total. The van der Waals surface area contributed by atoms with Crippen molar-refractivity contribution >= 4 is 39.6 Å². The summed E-state index contributed by atoms with van der Waals surface area (Å²) >= 11 is 6.04. The van der Waals surface area contributed by atoms with Crippen LogP contribution in [0.5, 0.6) is 0 Å². The van der Waals surface area contributed by atoms with Crippen LogP contribution in [-0.4, -0.2) is 36.0 Å². The van der Waals surface area contributed by atoms with Crippen LogP contribution in [0.3, 0.4) is 0 Å². The maximum Gasteiger partial charge on any atom is 0.333 e. The molecule has 2 N–H and O–H groups in total. The minimum Gasteiger partial charge on any atom is -0.360 e. The van der Waals surface area contributed by atoms with Gasteiger partial charge >= 0.3 is 5.69 Å². The Hall–Kier alpha value is -3.91. The smallest absolute Gasteiger partial charge is 0.333 e. The summed E-state index contributed by atoms with van der Waals surface area (Å²) in [5, 5.41) is 3.60. The van der Waals surface area contributed by atoms with Crippen molar-refractivity contribution < 1.29 is 4.79 Å². The molecule has 0 radical (unpaired) electrons. The van der Waals surface area contributed by atoms with Crippen molar-refractivity contribution in [3.8, 4) is 5.69 Å². The molecule has 0 atom stereocenters. The summed E-state index contributed by atoms with van der Waals surface area (Å²) in [5.41, 5.74) is 5.40. The number of carbonyl (C=O) groups is 1. The molecule has 4 heterocycles. The summed E-state index contributed by atoms with van der Waals surface area (Å²) in [4.78, 5) is 38.3. The first-order chi connectivity index (χ1) is 18.0. The van der Waals surface area contributed by atoms with Gasteiger partial charge in [0.1, 0.15) is 0 Å². The van der Waals surface area contributed by atoms with Crippen molar-refractivity contribution in [3.63, 3.8) is 0 Å². The van der Waals surface area contributed by atoms with Gasteiger partial charge < -0.3 is 10.3 Å². The van der Waals surface area contributed by atoms with E-state index in [1.807, 2.05) is 54.1 Å². The van der Waals surface area contributed by atoms with Gasteiger partial charge in [0.05, 0.1) is 50.2 Å². The van der Waals surface area contributed by atoms with Crippen molar-refractivity contribution in [2.24, 2.45) is 5.92 Å². The number of carbonyl (C=O) groups excluding carboxylic acids is 1. The van der Waals surface area contributed by atoms with E-state index in [1.54, 1.807) is 23.0 Å². The Balaban J connectivity index is 1.20. The fourth-order valence-corrected chi connectivity index (χ4v) is 5.59. The lowest BCUT2D eigenvalue weighted by atomic mass is 9.85. The summed E-state index contributed by atoms with van der Waals surface area (Å²) in [6, 6.07) is 13.5. The number of hydrogen-bond donors (Lipinski definition) is 2. The Morgan fingerprint density at radius 2 is 1.86 bits per heavy atom. The molecule has 1 aliphatic rings. The van der Waals surface area contributed by atoms with Crippen LogP contribution in [0.1, 0.15) is 41.7 Å². The average molecular weight is 515 g/mol. The SMILES string of the molecule is Cc1ncc(Cl)cc1C(=O)N[C@H]1CC[C@H](Cn2c(=O)n(-c3cnc4cc[nH]c4c3)c3ccccc32)CC1. The topological polar surface area (TPSA) is 97.6 Å². The molecule has 1 fully saturated rings. The number of rotatable bonds is 5. The number of amides is 1. The second-order valence-corrected chi connectivity index (χ2v) is 10.2. The molecule has 1 aliphatic carbocycles. The van der Waals surface area contributed by atoms with Crippen LogP contribution in [0.15, 0.2) is 65.8 Å². The fraction of sp³-hybridized carbons (Fsp3) is 0.286. The second kappa shape index (κ2) is 9.52. The van der Waals surface area contributed by atoms with E-state index in [0.29, 0.717) is 28.7 Å². The van der Waals surface area contributed by atoms with Crippen LogP contribution in [0.2, 0.25) is 5.02 Å². The lowest BCUT2D eigenvalue weighted by molar-refractivity contribution is 0.0919. The van der Waals surface area contributed by atoms with Crippen LogP contribution in [0, 0.1) is 12.8 Å². The first kappa shape index (κ1) is 23.5. The predicted octanol–water partition coefficient (Wildman–Crippen LogP) is 5.01. The molecule has 0 spiro atoms. The standard InChI is InChI=1S/C28H27ClN6O2/c1-17-22(12-19(29)14-31-17)27(36)33-20-8-6-18(7-9-20)16-34-25-4-2-3-5-26(25)35(28(34)37)21-13-24-23(32-15-21)10-11-30-24/h2-5,10-15,18,20,30H,6-9,16H2,1H3,(H,33,36)/t18-,20-. The van der Waals surface area contributed by atoms with E-state index >= 15 is 0 Å². The molecule has 188 valence electrons. The monoisotopic (exact) mass is 514 g/mol. The van der Waals surface area contributed by atoms with Crippen LogP contribution in [0.25, 0.3) is 27.8 Å². The number of para-hydroxylation sites is 2. The minimum atomic E-state index is -0.136. The van der Waals surface area contributed by atoms with Gasteiger partial charge in [-0.3, -0.25) is 23.9 Å². The highest BCUT2D eigenvalue weighted by atomic mass is 35.5. The van der Waals surface area contributed by atoms with Gasteiger partial charge in [0.2, 0.25) is 0 Å². The molecule has 1 aromatic carbocycles. The number of aryl methyl sites for hydroxylation is 1. The fourth-order valence-electron chi connectivity index (χ4n) is 5.43. The molecule has 0 aliphatic heterocycles. The van der Waals surface area contributed by atoms with Crippen molar-refractivity contribution in [1.82, 2.24) is 29.4 Å². The third-order valence-corrected chi connectivity index (χ3v) is 7.61. The van der Waals surface area contributed by atoms with Crippen LogP contribution < -0.4 is 11.0 Å². The first-order valence-electron chi connectivity index (χ1n) is 12.5. The summed E-state index contributed by atoms with van der Waals surface area (Å²) in [5.74, 6) is 0.214. The Kier molecular flexibility index (Phi) is 6.04. The molecule has 1 saturated carbocycles. The van der Waals surface area contributed by atoms with E-state index in [9.17, 15) is 9.59 Å². The number of imidazole rings is 1. The molecule has 6 rings (SSSR count). The van der Waals surface area contributed by atoms with E-state index in [4.69, 9.17) is 11.6 Å². The lowest BCUT2D eigenvalue weighted by Gasteiger charge is -2.29. The number of fused-ring (bicyclic) bond motifs is 2. The highest BCUT2D eigenvalue weighted by Gasteiger charge is 2.25. The van der Waals surface area contributed by atoms with Gasteiger partial charge in [0.25, 0.3) is 5.91 Å². The minimum absolute atomic E-state index is 0.0618. The molecule has 0 saturated heterocycles. The third-order valence-electron chi connectivity index (χ3n) is 7.40. The first-order valence-corrected chi connectivity index (χ1v) is 12.9. The number of hydrogen-bond acceptors (Lipinski definition) is 4. The van der Waals surface area contributed by atoms with Crippen molar-refractivity contribution in [1.29, 1.82) is 0 Å². The van der Waals surface area contributed by atoms with Gasteiger partial charge in [-0.15, -0.1) is 0 Å². The maximum atomic E-state index is 13.7. The van der Waals surface area contributed by atoms with E-state index in [0.717, 1.165) is 53.4 Å². The zero-order valence-corrected chi connectivity index (χ0v) is 21.2. The molecule has 4 aromatic heterocycles. The van der Waals surface area contributed by atoms with Crippen LogP contribution in [-0.2, 0) is 6.54 Å². The molecule has 0 unspecified atom stereocenters. The van der Waals surface area contributed by atoms with Gasteiger partial charge in [0.15, 0.2) is 0 Å². The number of benzene rings is 1. The van der Waals surface area contributed by atoms with E-state index in [1.165, 1.54) is 0 Å².